The fourth-order valence-electron chi connectivity index (χ4n) is 7.18. The summed E-state index contributed by atoms with van der Waals surface area (Å²) in [5, 5.41) is 14.0. The van der Waals surface area contributed by atoms with Crippen molar-refractivity contribution >= 4 is 13.7 Å². The topological polar surface area (TPSA) is 105 Å². The quantitative estimate of drug-likeness (QED) is 0.0243. The van der Waals surface area contributed by atoms with Crippen molar-refractivity contribution in [2.24, 2.45) is 0 Å². The van der Waals surface area contributed by atoms with Crippen LogP contribution in [0.1, 0.15) is 206 Å². The second-order valence-corrected chi connectivity index (χ2v) is 20.3. The molecule has 0 aliphatic heterocycles. The highest BCUT2D eigenvalue weighted by Gasteiger charge is 2.28. The zero-order valence-corrected chi connectivity index (χ0v) is 44.0. The molecule has 0 heterocycles. The number of rotatable bonds is 47. The van der Waals surface area contributed by atoms with E-state index in [0.717, 1.165) is 103 Å². The van der Waals surface area contributed by atoms with Crippen LogP contribution in [0.5, 0.6) is 0 Å². The first-order valence-corrected chi connectivity index (χ1v) is 28.1. The van der Waals surface area contributed by atoms with Crippen molar-refractivity contribution in [2.75, 3.05) is 40.9 Å². The Balaban J connectivity index is 4.30. The monoisotopic (exact) mass is 942 g/mol. The second kappa shape index (κ2) is 47.5. The van der Waals surface area contributed by atoms with Crippen molar-refractivity contribution in [3.63, 3.8) is 0 Å². The Labute approximate surface area is 407 Å². The van der Waals surface area contributed by atoms with Gasteiger partial charge in [0.1, 0.15) is 13.2 Å². The molecule has 0 aliphatic carbocycles. The number of carbonyl (C=O) groups is 1. The highest BCUT2D eigenvalue weighted by molar-refractivity contribution is 7.47. The number of hydrogen-bond acceptors (Lipinski definition) is 5. The van der Waals surface area contributed by atoms with Gasteiger partial charge in [0, 0.05) is 6.42 Å². The third-order valence-corrected chi connectivity index (χ3v) is 12.3. The lowest BCUT2D eigenvalue weighted by Crippen LogP contribution is -2.46. The molecule has 0 aliphatic rings. The molecule has 0 saturated carbocycles. The summed E-state index contributed by atoms with van der Waals surface area (Å²) in [4.78, 5) is 23.3. The lowest BCUT2D eigenvalue weighted by atomic mass is 10.0. The summed E-state index contributed by atoms with van der Waals surface area (Å²) in [7, 11) is 1.58. The van der Waals surface area contributed by atoms with E-state index in [1.165, 1.54) is 77.0 Å². The molecule has 3 atom stereocenters. The Hall–Kier alpha value is -2.58. The molecular formula is C57H102N2O6P+. The molecule has 9 heteroatoms. The Bertz CT molecular complexity index is 1390. The molecule has 0 bridgehead atoms. The summed E-state index contributed by atoms with van der Waals surface area (Å²) in [6.45, 7) is 4.74. The first-order chi connectivity index (χ1) is 32.0. The van der Waals surface area contributed by atoms with Crippen molar-refractivity contribution in [1.82, 2.24) is 5.32 Å². The Morgan fingerprint density at radius 3 is 1.33 bits per heavy atom. The molecule has 0 aromatic heterocycles. The summed E-state index contributed by atoms with van der Waals surface area (Å²) in [5.74, 6) is -0.173. The van der Waals surface area contributed by atoms with Crippen LogP contribution >= 0.6 is 7.82 Å². The van der Waals surface area contributed by atoms with Crippen molar-refractivity contribution in [2.45, 2.75) is 219 Å². The predicted octanol–water partition coefficient (Wildman–Crippen LogP) is 15.9. The SMILES string of the molecule is CC/C=C\C/C=C\C/C=C\C/C=C\C/C=C\C/C=C\C/C=C\C/C=C\CCCCCCC(=O)NC(COP(=O)(O)OCC[N+](C)(C)C)C(O)CCCCCCCCCCCCCCCCC. The highest BCUT2D eigenvalue weighted by Crippen LogP contribution is 2.43. The normalized spacial score (nSPS) is 14.8. The third-order valence-electron chi connectivity index (χ3n) is 11.3. The Morgan fingerprint density at radius 1 is 0.530 bits per heavy atom. The fraction of sp³-hybridized carbons (Fsp3) is 0.702. The number of unbranched alkanes of at least 4 members (excludes halogenated alkanes) is 18. The van der Waals surface area contributed by atoms with E-state index in [1.54, 1.807) is 0 Å². The van der Waals surface area contributed by atoms with Crippen molar-refractivity contribution in [1.29, 1.82) is 0 Å². The molecule has 380 valence electrons. The van der Waals surface area contributed by atoms with E-state index in [9.17, 15) is 19.4 Å². The van der Waals surface area contributed by atoms with Crippen LogP contribution in [-0.2, 0) is 18.4 Å². The van der Waals surface area contributed by atoms with E-state index in [1.807, 2.05) is 21.1 Å². The summed E-state index contributed by atoms with van der Waals surface area (Å²) in [6, 6.07) is -0.781. The van der Waals surface area contributed by atoms with E-state index in [-0.39, 0.29) is 19.1 Å². The van der Waals surface area contributed by atoms with Crippen LogP contribution in [0.3, 0.4) is 0 Å². The van der Waals surface area contributed by atoms with Crippen LogP contribution in [0.4, 0.5) is 0 Å². The molecule has 0 spiro atoms. The smallest absolute Gasteiger partial charge is 0.391 e. The van der Waals surface area contributed by atoms with E-state index >= 15 is 0 Å². The lowest BCUT2D eigenvalue weighted by Gasteiger charge is -2.26. The van der Waals surface area contributed by atoms with E-state index in [2.05, 4.69) is 116 Å². The van der Waals surface area contributed by atoms with Crippen LogP contribution in [0, 0.1) is 0 Å². The number of nitrogens with zero attached hydrogens (tertiary/aromatic N) is 1. The van der Waals surface area contributed by atoms with Gasteiger partial charge in [-0.25, -0.2) is 4.57 Å². The van der Waals surface area contributed by atoms with Gasteiger partial charge in [0.15, 0.2) is 0 Å². The molecule has 1 amide bonds. The molecule has 0 saturated heterocycles. The van der Waals surface area contributed by atoms with Crippen LogP contribution in [-0.4, -0.2) is 73.4 Å². The molecule has 8 nitrogen and oxygen atoms in total. The van der Waals surface area contributed by atoms with Crippen LogP contribution in [0.15, 0.2) is 97.2 Å². The molecule has 0 rings (SSSR count). The second-order valence-electron chi connectivity index (χ2n) is 18.9. The molecule has 0 radical (unpaired) electrons. The van der Waals surface area contributed by atoms with Gasteiger partial charge in [-0.05, 0) is 77.0 Å². The van der Waals surface area contributed by atoms with Crippen LogP contribution in [0.25, 0.3) is 0 Å². The van der Waals surface area contributed by atoms with Gasteiger partial charge in [-0.15, -0.1) is 0 Å². The minimum absolute atomic E-state index is 0.0640. The lowest BCUT2D eigenvalue weighted by molar-refractivity contribution is -0.870. The maximum Gasteiger partial charge on any atom is 0.472 e. The van der Waals surface area contributed by atoms with Gasteiger partial charge < -0.3 is 19.8 Å². The number of carbonyl (C=O) groups excluding carboxylic acids is 1. The zero-order valence-electron chi connectivity index (χ0n) is 43.1. The minimum atomic E-state index is -4.33. The number of aliphatic hydroxyl groups is 1. The Kier molecular flexibility index (Phi) is 45.6. The predicted molar refractivity (Wildman–Crippen MR) is 286 cm³/mol. The fourth-order valence-corrected chi connectivity index (χ4v) is 7.91. The standard InChI is InChI=1S/C57H101N2O6P/c1-6-8-10-12-14-16-18-20-22-23-24-25-26-27-28-29-30-31-32-33-34-35-37-39-41-43-45-47-49-51-57(61)58-55(54-65-66(62,63)64-53-52-59(3,4)5)56(60)50-48-46-44-42-40-38-36-21-19-17-15-13-11-9-7-2/h8,10,14,16,20,22,24-25,27-28,30-31,33-34,37,39,55-56,60H,6-7,9,11-13,15,17-19,21,23,26,29,32,35-36,38,40-54H2,1-5H3,(H-,58,61,62,63)/p+1/b10-8-,16-14-,22-20-,25-24-,28-27-,31-30-,34-33-,39-37-. The largest absolute Gasteiger partial charge is 0.472 e. The van der Waals surface area contributed by atoms with Crippen molar-refractivity contribution < 1.29 is 32.9 Å². The van der Waals surface area contributed by atoms with Gasteiger partial charge in [0.2, 0.25) is 5.91 Å². The average Bonchev–Trinajstić information content (AvgIpc) is 3.28. The van der Waals surface area contributed by atoms with Gasteiger partial charge in [0.25, 0.3) is 0 Å². The van der Waals surface area contributed by atoms with E-state index < -0.39 is 20.0 Å². The van der Waals surface area contributed by atoms with Gasteiger partial charge in [-0.3, -0.25) is 13.8 Å². The number of phosphoric ester groups is 1. The third kappa shape index (κ3) is 49.3. The number of hydrogen-bond donors (Lipinski definition) is 3. The van der Waals surface area contributed by atoms with Gasteiger partial charge >= 0.3 is 7.82 Å². The van der Waals surface area contributed by atoms with E-state index in [0.29, 0.717) is 23.9 Å². The number of quaternary nitrogens is 1. The van der Waals surface area contributed by atoms with E-state index in [4.69, 9.17) is 9.05 Å². The van der Waals surface area contributed by atoms with Gasteiger partial charge in [-0.2, -0.15) is 0 Å². The summed E-state index contributed by atoms with van der Waals surface area (Å²) >= 11 is 0. The van der Waals surface area contributed by atoms with Gasteiger partial charge in [0.05, 0.1) is 39.9 Å². The number of aliphatic hydroxyl groups excluding tert-OH is 1. The molecule has 3 unspecified atom stereocenters. The van der Waals surface area contributed by atoms with Crippen molar-refractivity contribution in [3.8, 4) is 0 Å². The number of allylic oxidation sites excluding steroid dienone is 16. The first kappa shape index (κ1) is 63.4. The maximum atomic E-state index is 13.0. The first-order valence-electron chi connectivity index (χ1n) is 26.6. The maximum absolute atomic E-state index is 13.0. The summed E-state index contributed by atoms with van der Waals surface area (Å²) in [5.41, 5.74) is 0. The molecule has 66 heavy (non-hydrogen) atoms. The number of likely N-dealkylation sites (N-methyl/N-ethyl adjacent to an activating group) is 1. The molecule has 0 fully saturated rings. The summed E-state index contributed by atoms with van der Waals surface area (Å²) < 4.78 is 23.7. The van der Waals surface area contributed by atoms with Crippen molar-refractivity contribution in [3.05, 3.63) is 97.2 Å². The number of amides is 1. The van der Waals surface area contributed by atoms with Crippen LogP contribution < -0.4 is 5.32 Å². The highest BCUT2D eigenvalue weighted by atomic mass is 31.2. The summed E-state index contributed by atoms with van der Waals surface area (Å²) in [6.07, 6.45) is 67.3. The number of nitrogens with one attached hydrogen (secondary N) is 1. The minimum Gasteiger partial charge on any atom is -0.391 e. The van der Waals surface area contributed by atoms with Gasteiger partial charge in [-0.1, -0.05) is 220 Å². The zero-order chi connectivity index (χ0) is 48.5. The molecule has 0 aromatic carbocycles. The molecule has 3 N–H and O–H groups in total. The molecule has 0 aromatic rings. The average molecular weight is 942 g/mol. The van der Waals surface area contributed by atoms with Crippen LogP contribution in [0.2, 0.25) is 0 Å². The molecular weight excluding hydrogens is 840 g/mol. The Morgan fingerprint density at radius 2 is 0.909 bits per heavy atom. The number of phosphoric acid groups is 1.